The third-order valence-corrected chi connectivity index (χ3v) is 6.23. The van der Waals surface area contributed by atoms with Gasteiger partial charge in [0.1, 0.15) is 0 Å². The molecular formula is C27H29N3O5. The molecule has 8 heteroatoms. The predicted octanol–water partition coefficient (Wildman–Crippen LogP) is 3.17. The Kier molecular flexibility index (Phi) is 7.74. The molecule has 1 aliphatic rings. The topological polar surface area (TPSA) is 88.2 Å². The molecular weight excluding hydrogens is 446 g/mol. The van der Waals surface area contributed by atoms with Crippen molar-refractivity contribution < 1.29 is 23.9 Å². The molecule has 1 aliphatic heterocycles. The third kappa shape index (κ3) is 5.85. The Hall–Kier alpha value is -3.75. The van der Waals surface area contributed by atoms with Crippen molar-refractivity contribution in [2.24, 2.45) is 0 Å². The Morgan fingerprint density at radius 2 is 1.51 bits per heavy atom. The van der Waals surface area contributed by atoms with Gasteiger partial charge in [-0.05, 0) is 34.5 Å². The molecule has 1 N–H and O–H groups in total. The van der Waals surface area contributed by atoms with Crippen molar-refractivity contribution in [3.05, 3.63) is 77.4 Å². The first-order chi connectivity index (χ1) is 17.0. The van der Waals surface area contributed by atoms with E-state index in [1.165, 1.54) is 48.8 Å². The van der Waals surface area contributed by atoms with Gasteiger partial charge in [-0.2, -0.15) is 0 Å². The first kappa shape index (κ1) is 24.4. The number of methoxy groups -OCH3 is 2. The van der Waals surface area contributed by atoms with Gasteiger partial charge in [0.2, 0.25) is 5.91 Å². The zero-order valence-electron chi connectivity index (χ0n) is 20.0. The van der Waals surface area contributed by atoms with E-state index in [1.54, 1.807) is 0 Å². The van der Waals surface area contributed by atoms with Crippen LogP contribution in [-0.4, -0.2) is 74.6 Å². The lowest BCUT2D eigenvalue weighted by Gasteiger charge is -2.34. The van der Waals surface area contributed by atoms with Crippen LogP contribution in [-0.2, 0) is 20.8 Å². The van der Waals surface area contributed by atoms with Crippen LogP contribution < -0.4 is 5.32 Å². The van der Waals surface area contributed by atoms with Crippen molar-refractivity contribution >= 4 is 34.3 Å². The van der Waals surface area contributed by atoms with Crippen molar-refractivity contribution in [2.45, 2.75) is 6.54 Å². The number of nitrogens with one attached hydrogen (secondary N) is 1. The van der Waals surface area contributed by atoms with Gasteiger partial charge in [-0.1, -0.05) is 42.5 Å². The second-order valence-electron chi connectivity index (χ2n) is 8.48. The second kappa shape index (κ2) is 11.1. The fraction of sp³-hybridized carbons (Fsp3) is 0.296. The number of rotatable bonds is 7. The molecule has 182 valence electrons. The molecule has 35 heavy (non-hydrogen) atoms. The molecule has 3 aromatic rings. The summed E-state index contributed by atoms with van der Waals surface area (Å²) in [7, 11) is 2.54. The summed E-state index contributed by atoms with van der Waals surface area (Å²) in [5.41, 5.74) is 1.93. The van der Waals surface area contributed by atoms with E-state index in [0.717, 1.165) is 32.7 Å². The highest BCUT2D eigenvalue weighted by Gasteiger charge is 2.22. The summed E-state index contributed by atoms with van der Waals surface area (Å²) < 4.78 is 9.54. The number of anilines is 1. The zero-order valence-corrected chi connectivity index (χ0v) is 20.0. The van der Waals surface area contributed by atoms with Crippen molar-refractivity contribution in [2.75, 3.05) is 52.3 Å². The van der Waals surface area contributed by atoms with Gasteiger partial charge in [-0.25, -0.2) is 9.59 Å². The SMILES string of the molecule is COC(=O)c1ccc(C(=O)OC)c(NC(=O)CN2CCN(Cc3cccc4ccccc34)CC2)c1. The fourth-order valence-electron chi connectivity index (χ4n) is 4.35. The van der Waals surface area contributed by atoms with Gasteiger partial charge in [-0.15, -0.1) is 0 Å². The molecule has 0 unspecified atom stereocenters. The molecule has 1 amide bonds. The number of fused-ring (bicyclic) bond motifs is 1. The lowest BCUT2D eigenvalue weighted by molar-refractivity contribution is -0.117. The number of amides is 1. The third-order valence-electron chi connectivity index (χ3n) is 6.23. The largest absolute Gasteiger partial charge is 0.465 e. The molecule has 3 aromatic carbocycles. The predicted molar refractivity (Wildman–Crippen MR) is 133 cm³/mol. The molecule has 4 rings (SSSR count). The molecule has 1 saturated heterocycles. The summed E-state index contributed by atoms with van der Waals surface area (Å²) in [6, 6.07) is 19.1. The molecule has 0 atom stereocenters. The number of esters is 2. The van der Waals surface area contributed by atoms with E-state index in [9.17, 15) is 14.4 Å². The van der Waals surface area contributed by atoms with Crippen molar-refractivity contribution in [3.8, 4) is 0 Å². The number of piperazine rings is 1. The summed E-state index contributed by atoms with van der Waals surface area (Å²) in [6.45, 7) is 4.26. The van der Waals surface area contributed by atoms with E-state index in [1.807, 2.05) is 0 Å². The van der Waals surface area contributed by atoms with Gasteiger partial charge >= 0.3 is 11.9 Å². The number of carbonyl (C=O) groups excluding carboxylic acids is 3. The van der Waals surface area contributed by atoms with Crippen LogP contribution >= 0.6 is 0 Å². The van der Waals surface area contributed by atoms with Crippen LogP contribution in [0.4, 0.5) is 5.69 Å². The Morgan fingerprint density at radius 3 is 2.26 bits per heavy atom. The van der Waals surface area contributed by atoms with Crippen LogP contribution in [0.5, 0.6) is 0 Å². The van der Waals surface area contributed by atoms with Gasteiger partial charge in [0.25, 0.3) is 0 Å². The summed E-state index contributed by atoms with van der Waals surface area (Å²) in [5, 5.41) is 5.27. The maximum absolute atomic E-state index is 12.8. The van der Waals surface area contributed by atoms with E-state index in [-0.39, 0.29) is 29.3 Å². The minimum Gasteiger partial charge on any atom is -0.465 e. The summed E-state index contributed by atoms with van der Waals surface area (Å²) >= 11 is 0. The number of ether oxygens (including phenoxy) is 2. The van der Waals surface area contributed by atoms with Crippen molar-refractivity contribution in [1.82, 2.24) is 9.80 Å². The Labute approximate surface area is 204 Å². The van der Waals surface area contributed by atoms with E-state index >= 15 is 0 Å². The second-order valence-corrected chi connectivity index (χ2v) is 8.48. The number of hydrogen-bond acceptors (Lipinski definition) is 7. The van der Waals surface area contributed by atoms with Gasteiger partial charge < -0.3 is 14.8 Å². The van der Waals surface area contributed by atoms with Crippen LogP contribution in [0.15, 0.2) is 60.7 Å². The van der Waals surface area contributed by atoms with E-state index in [4.69, 9.17) is 9.47 Å². The van der Waals surface area contributed by atoms with Gasteiger partial charge in [0, 0.05) is 32.7 Å². The zero-order chi connectivity index (χ0) is 24.8. The Bertz CT molecular complexity index is 1230. The van der Waals surface area contributed by atoms with Gasteiger partial charge in [0.15, 0.2) is 0 Å². The molecule has 0 bridgehead atoms. The monoisotopic (exact) mass is 475 g/mol. The minimum absolute atomic E-state index is 0.174. The normalized spacial score (nSPS) is 14.5. The van der Waals surface area contributed by atoms with Crippen LogP contribution in [0.3, 0.4) is 0 Å². The molecule has 1 heterocycles. The standard InChI is InChI=1S/C27H29N3O5/c1-34-26(32)20-10-11-23(27(33)35-2)24(16-20)28-25(31)18-30-14-12-29(13-15-30)17-21-8-5-7-19-6-3-4-9-22(19)21/h3-11,16H,12-15,17-18H2,1-2H3,(H,28,31). The quantitative estimate of drug-likeness (QED) is 0.525. The highest BCUT2D eigenvalue weighted by atomic mass is 16.5. The summed E-state index contributed by atoms with van der Waals surface area (Å²) in [6.07, 6.45) is 0. The minimum atomic E-state index is -0.598. The highest BCUT2D eigenvalue weighted by Crippen LogP contribution is 2.22. The number of hydrogen-bond donors (Lipinski definition) is 1. The Morgan fingerprint density at radius 1 is 0.829 bits per heavy atom. The molecule has 0 aliphatic carbocycles. The van der Waals surface area contributed by atoms with E-state index < -0.39 is 11.9 Å². The van der Waals surface area contributed by atoms with Gasteiger partial charge in [0.05, 0.1) is 37.6 Å². The lowest BCUT2D eigenvalue weighted by Crippen LogP contribution is -2.48. The number of nitrogens with zero attached hydrogens (tertiary/aromatic N) is 2. The molecule has 0 spiro atoms. The molecule has 0 saturated carbocycles. The van der Waals surface area contributed by atoms with Crippen molar-refractivity contribution in [1.29, 1.82) is 0 Å². The maximum Gasteiger partial charge on any atom is 0.339 e. The van der Waals surface area contributed by atoms with E-state index in [0.29, 0.717) is 0 Å². The van der Waals surface area contributed by atoms with Crippen LogP contribution in [0, 0.1) is 0 Å². The Balaban J connectivity index is 1.35. The summed E-state index contributed by atoms with van der Waals surface area (Å²) in [4.78, 5) is 41.3. The molecule has 0 radical (unpaired) electrons. The molecule has 8 nitrogen and oxygen atoms in total. The number of benzene rings is 3. The smallest absolute Gasteiger partial charge is 0.339 e. The van der Waals surface area contributed by atoms with Crippen LogP contribution in [0.25, 0.3) is 10.8 Å². The number of carbonyl (C=O) groups is 3. The summed E-state index contributed by atoms with van der Waals surface area (Å²) in [5.74, 6) is -1.42. The first-order valence-electron chi connectivity index (χ1n) is 11.5. The highest BCUT2D eigenvalue weighted by molar-refractivity contribution is 6.03. The van der Waals surface area contributed by atoms with Crippen molar-refractivity contribution in [3.63, 3.8) is 0 Å². The first-order valence-corrected chi connectivity index (χ1v) is 11.5. The van der Waals surface area contributed by atoms with Gasteiger partial charge in [-0.3, -0.25) is 14.6 Å². The van der Waals surface area contributed by atoms with E-state index in [2.05, 4.69) is 57.6 Å². The maximum atomic E-state index is 12.8. The average molecular weight is 476 g/mol. The molecule has 1 fully saturated rings. The lowest BCUT2D eigenvalue weighted by atomic mass is 10.0. The molecule has 0 aromatic heterocycles. The fourth-order valence-corrected chi connectivity index (χ4v) is 4.35. The van der Waals surface area contributed by atoms with Crippen LogP contribution in [0.1, 0.15) is 26.3 Å². The average Bonchev–Trinajstić information content (AvgIpc) is 2.89. The van der Waals surface area contributed by atoms with Crippen LogP contribution in [0.2, 0.25) is 0 Å².